The number of unbranched alkanes of at least 4 members (excludes halogenated alkanes) is 2. The van der Waals surface area contributed by atoms with Crippen LogP contribution in [-0.4, -0.2) is 36.6 Å². The maximum Gasteiger partial charge on any atom is 0.321 e. The zero-order valence-corrected chi connectivity index (χ0v) is 13.7. The van der Waals surface area contributed by atoms with Crippen molar-refractivity contribution in [2.45, 2.75) is 50.0 Å². The number of rotatable bonds is 10. The van der Waals surface area contributed by atoms with Crippen LogP contribution in [0.25, 0.3) is 0 Å². The highest BCUT2D eigenvalue weighted by atomic mass is 32.2. The molecule has 23 heavy (non-hydrogen) atoms. The second-order valence-corrected chi connectivity index (χ2v) is 7.03. The van der Waals surface area contributed by atoms with Crippen molar-refractivity contribution in [3.05, 3.63) is 29.8 Å². The molecule has 0 aliphatic heterocycles. The molecule has 3 N–H and O–H groups in total. The fraction of sp³-hybridized carbons (Fsp3) is 0.467. The van der Waals surface area contributed by atoms with Gasteiger partial charge in [-0.05, 0) is 31.9 Å². The van der Waals surface area contributed by atoms with Gasteiger partial charge in [-0.3, -0.25) is 9.59 Å². The molecule has 0 fully saturated rings. The number of aryl methyl sites for hydroxylation is 1. The first-order valence-corrected chi connectivity index (χ1v) is 8.74. The monoisotopic (exact) mass is 343 g/mol. The molecule has 7 nitrogen and oxygen atoms in total. The molecule has 1 unspecified atom stereocenters. The molecular formula is C15H21NO6S. The van der Waals surface area contributed by atoms with Crippen LogP contribution in [0.1, 0.15) is 37.7 Å². The molecule has 0 radical (unpaired) electrons. The molecule has 0 aromatic heterocycles. The van der Waals surface area contributed by atoms with Crippen LogP contribution >= 0.6 is 0 Å². The van der Waals surface area contributed by atoms with Crippen LogP contribution < -0.4 is 4.72 Å². The minimum atomic E-state index is -3.90. The summed E-state index contributed by atoms with van der Waals surface area (Å²) in [6, 6.07) is 4.88. The lowest BCUT2D eigenvalue weighted by Crippen LogP contribution is -2.40. The average Bonchev–Trinajstić information content (AvgIpc) is 2.45. The van der Waals surface area contributed by atoms with Crippen LogP contribution in [0.5, 0.6) is 0 Å². The van der Waals surface area contributed by atoms with E-state index in [0.29, 0.717) is 19.3 Å². The first kappa shape index (κ1) is 19.1. The molecule has 1 atom stereocenters. The number of carboxylic acids is 2. The van der Waals surface area contributed by atoms with Crippen molar-refractivity contribution in [3.8, 4) is 0 Å². The Bertz CT molecular complexity index is 638. The van der Waals surface area contributed by atoms with Gasteiger partial charge in [0.05, 0.1) is 4.90 Å². The number of nitrogens with one attached hydrogen (secondary N) is 1. The van der Waals surface area contributed by atoms with E-state index in [2.05, 4.69) is 4.72 Å². The summed E-state index contributed by atoms with van der Waals surface area (Å²) in [5.74, 6) is -2.15. The van der Waals surface area contributed by atoms with Gasteiger partial charge in [-0.25, -0.2) is 8.42 Å². The number of carbonyl (C=O) groups is 2. The highest BCUT2D eigenvalue weighted by Gasteiger charge is 2.24. The van der Waals surface area contributed by atoms with E-state index in [1.165, 1.54) is 12.1 Å². The first-order chi connectivity index (χ1) is 10.7. The Balaban J connectivity index is 2.62. The molecule has 1 aromatic carbocycles. The highest BCUT2D eigenvalue weighted by Crippen LogP contribution is 2.13. The lowest BCUT2D eigenvalue weighted by Gasteiger charge is -2.14. The third-order valence-electron chi connectivity index (χ3n) is 3.31. The molecule has 0 bridgehead atoms. The normalized spacial score (nSPS) is 12.7. The van der Waals surface area contributed by atoms with E-state index < -0.39 is 28.0 Å². The van der Waals surface area contributed by atoms with E-state index in [0.717, 1.165) is 5.56 Å². The average molecular weight is 343 g/mol. The van der Waals surface area contributed by atoms with Crippen molar-refractivity contribution in [2.75, 3.05) is 0 Å². The van der Waals surface area contributed by atoms with Gasteiger partial charge in [0.2, 0.25) is 10.0 Å². The van der Waals surface area contributed by atoms with Crippen molar-refractivity contribution < 1.29 is 28.2 Å². The van der Waals surface area contributed by atoms with Crippen LogP contribution in [0, 0.1) is 6.92 Å². The lowest BCUT2D eigenvalue weighted by atomic mass is 10.1. The molecule has 0 heterocycles. The fourth-order valence-electron chi connectivity index (χ4n) is 2.01. The molecule has 0 aliphatic rings. The van der Waals surface area contributed by atoms with Gasteiger partial charge < -0.3 is 10.2 Å². The SMILES string of the molecule is Cc1ccc(S(=O)(=O)NC(CCCCCC(=O)O)C(=O)O)cc1. The quantitative estimate of drug-likeness (QED) is 0.557. The molecule has 0 saturated heterocycles. The minimum absolute atomic E-state index is 0.0141. The van der Waals surface area contributed by atoms with Crippen molar-refractivity contribution in [2.24, 2.45) is 0 Å². The van der Waals surface area contributed by atoms with E-state index in [1.54, 1.807) is 12.1 Å². The molecule has 8 heteroatoms. The maximum absolute atomic E-state index is 12.2. The standard InChI is InChI=1S/C15H21NO6S/c1-11-7-9-12(10-8-11)23(21,22)16-13(15(19)20)5-3-2-4-6-14(17)18/h7-10,13,16H,2-6H2,1H3,(H,17,18)(H,19,20). The first-order valence-electron chi connectivity index (χ1n) is 7.26. The van der Waals surface area contributed by atoms with Crippen molar-refractivity contribution in [3.63, 3.8) is 0 Å². The lowest BCUT2D eigenvalue weighted by molar-refractivity contribution is -0.139. The Kier molecular flexibility index (Phi) is 7.18. The van der Waals surface area contributed by atoms with Crippen molar-refractivity contribution in [1.82, 2.24) is 4.72 Å². The van der Waals surface area contributed by atoms with E-state index in [-0.39, 0.29) is 17.7 Å². The molecule has 0 aliphatic carbocycles. The molecule has 0 saturated carbocycles. The Morgan fingerprint density at radius 3 is 2.22 bits per heavy atom. The van der Waals surface area contributed by atoms with Gasteiger partial charge >= 0.3 is 11.9 Å². The maximum atomic E-state index is 12.2. The number of hydrogen-bond donors (Lipinski definition) is 3. The Hall–Kier alpha value is -1.93. The Morgan fingerprint density at radius 2 is 1.70 bits per heavy atom. The van der Waals surface area contributed by atoms with E-state index in [1.807, 2.05) is 6.92 Å². The Labute approximate surface area is 135 Å². The van der Waals surface area contributed by atoms with Gasteiger partial charge in [0.25, 0.3) is 0 Å². The van der Waals surface area contributed by atoms with Crippen LogP contribution in [-0.2, 0) is 19.6 Å². The zero-order chi connectivity index (χ0) is 17.5. The molecule has 128 valence electrons. The summed E-state index contributed by atoms with van der Waals surface area (Å²) >= 11 is 0. The van der Waals surface area contributed by atoms with Crippen LogP contribution in [0.15, 0.2) is 29.2 Å². The summed E-state index contributed by atoms with van der Waals surface area (Å²) in [6.07, 6.45) is 1.53. The van der Waals surface area contributed by atoms with Gasteiger partial charge in [0.15, 0.2) is 0 Å². The van der Waals surface area contributed by atoms with Gasteiger partial charge in [-0.2, -0.15) is 4.72 Å². The third kappa shape index (κ3) is 6.79. The van der Waals surface area contributed by atoms with Crippen LogP contribution in [0.3, 0.4) is 0 Å². The molecular weight excluding hydrogens is 322 g/mol. The van der Waals surface area contributed by atoms with Crippen molar-refractivity contribution >= 4 is 22.0 Å². The van der Waals surface area contributed by atoms with E-state index in [9.17, 15) is 18.0 Å². The molecule has 0 amide bonds. The fourth-order valence-corrected chi connectivity index (χ4v) is 3.23. The number of sulfonamides is 1. The second-order valence-electron chi connectivity index (χ2n) is 5.32. The summed E-state index contributed by atoms with van der Waals surface area (Å²) in [4.78, 5) is 21.6. The van der Waals surface area contributed by atoms with E-state index in [4.69, 9.17) is 10.2 Å². The largest absolute Gasteiger partial charge is 0.481 e. The number of hydrogen-bond acceptors (Lipinski definition) is 4. The summed E-state index contributed by atoms with van der Waals surface area (Å²) in [5, 5.41) is 17.7. The van der Waals surface area contributed by atoms with Gasteiger partial charge in [-0.1, -0.05) is 30.5 Å². The van der Waals surface area contributed by atoms with E-state index >= 15 is 0 Å². The molecule has 1 rings (SSSR count). The smallest absolute Gasteiger partial charge is 0.321 e. The third-order valence-corrected chi connectivity index (χ3v) is 4.80. The number of carboxylic acid groups (broad SMARTS) is 2. The van der Waals surface area contributed by atoms with Crippen LogP contribution in [0.4, 0.5) is 0 Å². The van der Waals surface area contributed by atoms with Crippen molar-refractivity contribution in [1.29, 1.82) is 0 Å². The summed E-state index contributed by atoms with van der Waals surface area (Å²) < 4.78 is 26.6. The summed E-state index contributed by atoms with van der Waals surface area (Å²) in [6.45, 7) is 1.82. The topological polar surface area (TPSA) is 121 Å². The molecule has 0 spiro atoms. The van der Waals surface area contributed by atoms with Gasteiger partial charge in [0, 0.05) is 6.42 Å². The second kappa shape index (κ2) is 8.64. The number of benzene rings is 1. The predicted octanol–water partition coefficient (Wildman–Crippen LogP) is 1.76. The summed E-state index contributed by atoms with van der Waals surface area (Å²) in [5.41, 5.74) is 0.900. The predicted molar refractivity (Wildman–Crippen MR) is 83.6 cm³/mol. The van der Waals surface area contributed by atoms with Gasteiger partial charge in [0.1, 0.15) is 6.04 Å². The van der Waals surface area contributed by atoms with Crippen LogP contribution in [0.2, 0.25) is 0 Å². The molecule has 1 aromatic rings. The number of aliphatic carboxylic acids is 2. The highest BCUT2D eigenvalue weighted by molar-refractivity contribution is 7.89. The Morgan fingerprint density at radius 1 is 1.09 bits per heavy atom. The minimum Gasteiger partial charge on any atom is -0.481 e. The zero-order valence-electron chi connectivity index (χ0n) is 12.9. The summed E-state index contributed by atoms with van der Waals surface area (Å²) in [7, 11) is -3.90. The van der Waals surface area contributed by atoms with Gasteiger partial charge in [-0.15, -0.1) is 0 Å².